The predicted octanol–water partition coefficient (Wildman–Crippen LogP) is 4.31. The third-order valence-corrected chi connectivity index (χ3v) is 5.30. The van der Waals surface area contributed by atoms with Gasteiger partial charge in [0.05, 0.1) is 30.3 Å². The molecule has 2 aromatic carbocycles. The molecule has 0 saturated carbocycles. The molecule has 7 heteroatoms. The Bertz CT molecular complexity index is 1080. The highest BCUT2D eigenvalue weighted by Gasteiger charge is 2.37. The molecule has 1 heterocycles. The third-order valence-electron chi connectivity index (χ3n) is 5.30. The number of ether oxygens (including phenoxy) is 2. The van der Waals surface area contributed by atoms with Gasteiger partial charge in [0, 0.05) is 29.1 Å². The standard InChI is InChI=1S/C26H28N2O5/c1-5-32-25(29)22-17(3)27-18(4)23(26(30)33-6-2)24(22)20-12-14-21(15-13-20)28(31)16-19-10-8-7-9-11-19/h7-16,24,27H,5-6H2,1-4H3/b28-16-. The van der Waals surface area contributed by atoms with Crippen LogP contribution in [0.5, 0.6) is 0 Å². The molecule has 0 fully saturated rings. The Hall–Kier alpha value is -3.87. The van der Waals surface area contributed by atoms with Gasteiger partial charge in [-0.2, -0.15) is 4.74 Å². The fourth-order valence-corrected chi connectivity index (χ4v) is 3.85. The van der Waals surface area contributed by atoms with Gasteiger partial charge < -0.3 is 20.0 Å². The fourth-order valence-electron chi connectivity index (χ4n) is 3.85. The van der Waals surface area contributed by atoms with E-state index in [2.05, 4.69) is 5.32 Å². The summed E-state index contributed by atoms with van der Waals surface area (Å²) in [5, 5.41) is 15.7. The minimum Gasteiger partial charge on any atom is -0.618 e. The highest BCUT2D eigenvalue weighted by molar-refractivity contribution is 5.99. The largest absolute Gasteiger partial charge is 0.618 e. The second-order valence-corrected chi connectivity index (χ2v) is 7.53. The number of hydrogen-bond acceptors (Lipinski definition) is 6. The zero-order valence-electron chi connectivity index (χ0n) is 19.3. The van der Waals surface area contributed by atoms with Crippen LogP contribution in [0.4, 0.5) is 5.69 Å². The summed E-state index contributed by atoms with van der Waals surface area (Å²) in [6, 6.07) is 16.1. The SMILES string of the molecule is CCOC(=O)C1=C(C)NC(C)=C(C(=O)OCC)C1c1ccc(/[N+]([O-])=C/c2ccccc2)cc1. The summed E-state index contributed by atoms with van der Waals surface area (Å²) in [6.07, 6.45) is 1.49. The Morgan fingerprint density at radius 3 is 1.91 bits per heavy atom. The lowest BCUT2D eigenvalue weighted by molar-refractivity contribution is -0.354. The molecule has 0 amide bonds. The molecule has 0 unspecified atom stereocenters. The van der Waals surface area contributed by atoms with E-state index in [1.54, 1.807) is 52.0 Å². The van der Waals surface area contributed by atoms with Gasteiger partial charge in [0.2, 0.25) is 5.69 Å². The molecule has 1 aliphatic heterocycles. The van der Waals surface area contributed by atoms with Gasteiger partial charge in [-0.15, -0.1) is 0 Å². The van der Waals surface area contributed by atoms with Crippen molar-refractivity contribution < 1.29 is 23.8 Å². The van der Waals surface area contributed by atoms with Crippen LogP contribution >= 0.6 is 0 Å². The monoisotopic (exact) mass is 448 g/mol. The Morgan fingerprint density at radius 2 is 1.42 bits per heavy atom. The van der Waals surface area contributed by atoms with Crippen LogP contribution in [0.15, 0.2) is 77.1 Å². The van der Waals surface area contributed by atoms with Gasteiger partial charge in [0.15, 0.2) is 6.21 Å². The molecule has 0 saturated heterocycles. The van der Waals surface area contributed by atoms with Crippen LogP contribution in [0.2, 0.25) is 0 Å². The highest BCUT2D eigenvalue weighted by Crippen LogP contribution is 2.39. The van der Waals surface area contributed by atoms with E-state index in [1.165, 1.54) is 6.21 Å². The Morgan fingerprint density at radius 1 is 0.909 bits per heavy atom. The number of nitrogens with one attached hydrogen (secondary N) is 1. The second kappa shape index (κ2) is 10.6. The maximum absolute atomic E-state index is 12.8. The minimum absolute atomic E-state index is 0.208. The first kappa shape index (κ1) is 23.8. The van der Waals surface area contributed by atoms with Gasteiger partial charge in [-0.05, 0) is 45.4 Å². The van der Waals surface area contributed by atoms with Crippen molar-refractivity contribution in [2.75, 3.05) is 13.2 Å². The van der Waals surface area contributed by atoms with Crippen molar-refractivity contribution in [2.24, 2.45) is 0 Å². The number of carbonyl (C=O) groups excluding carboxylic acids is 2. The number of hydrogen-bond donors (Lipinski definition) is 1. The summed E-state index contributed by atoms with van der Waals surface area (Å²) in [4.78, 5) is 25.7. The molecule has 0 aromatic heterocycles. The molecule has 0 radical (unpaired) electrons. The summed E-state index contributed by atoms with van der Waals surface area (Å²) < 4.78 is 11.3. The van der Waals surface area contributed by atoms with Gasteiger partial charge in [-0.3, -0.25) is 0 Å². The average molecular weight is 449 g/mol. The number of benzene rings is 2. The lowest BCUT2D eigenvalue weighted by Crippen LogP contribution is -2.32. The first-order valence-corrected chi connectivity index (χ1v) is 10.9. The lowest BCUT2D eigenvalue weighted by atomic mass is 9.80. The quantitative estimate of drug-likeness (QED) is 0.223. The summed E-state index contributed by atoms with van der Waals surface area (Å²) >= 11 is 0. The Labute approximate surface area is 193 Å². The number of rotatable bonds is 7. The molecule has 1 aliphatic rings. The fraction of sp³-hybridized carbons (Fsp3) is 0.269. The molecule has 2 aromatic rings. The van der Waals surface area contributed by atoms with Crippen molar-refractivity contribution in [3.8, 4) is 0 Å². The van der Waals surface area contributed by atoms with Crippen molar-refractivity contribution in [1.82, 2.24) is 5.32 Å². The van der Waals surface area contributed by atoms with Gasteiger partial charge in [-0.1, -0.05) is 30.3 Å². The van der Waals surface area contributed by atoms with E-state index in [4.69, 9.17) is 9.47 Å². The summed E-state index contributed by atoms with van der Waals surface area (Å²) in [5.74, 6) is -1.70. The first-order valence-electron chi connectivity index (χ1n) is 10.9. The highest BCUT2D eigenvalue weighted by atomic mass is 16.5. The topological polar surface area (TPSA) is 90.7 Å². The molecule has 0 aliphatic carbocycles. The number of carbonyl (C=O) groups is 2. The smallest absolute Gasteiger partial charge is 0.336 e. The Balaban J connectivity index is 2.04. The van der Waals surface area contributed by atoms with Gasteiger partial charge in [-0.25, -0.2) is 9.59 Å². The van der Waals surface area contributed by atoms with Gasteiger partial charge in [0.1, 0.15) is 0 Å². The number of esters is 2. The van der Waals surface area contributed by atoms with E-state index in [9.17, 15) is 14.8 Å². The van der Waals surface area contributed by atoms with Crippen LogP contribution in [0, 0.1) is 5.21 Å². The summed E-state index contributed by atoms with van der Waals surface area (Å²) in [5.41, 5.74) is 3.78. The molecule has 3 rings (SSSR count). The van der Waals surface area contributed by atoms with E-state index in [-0.39, 0.29) is 13.2 Å². The number of nitrogens with zero attached hydrogens (tertiary/aromatic N) is 1. The maximum Gasteiger partial charge on any atom is 0.336 e. The van der Waals surface area contributed by atoms with Crippen molar-refractivity contribution >= 4 is 23.8 Å². The van der Waals surface area contributed by atoms with Gasteiger partial charge in [0.25, 0.3) is 0 Å². The first-order chi connectivity index (χ1) is 15.9. The molecule has 33 heavy (non-hydrogen) atoms. The number of allylic oxidation sites excluding steroid dienone is 2. The van der Waals surface area contributed by atoms with Crippen LogP contribution in [0.3, 0.4) is 0 Å². The van der Waals surface area contributed by atoms with Crippen LogP contribution in [0.1, 0.15) is 44.7 Å². The van der Waals surface area contributed by atoms with Crippen molar-refractivity contribution in [2.45, 2.75) is 33.6 Å². The predicted molar refractivity (Wildman–Crippen MR) is 126 cm³/mol. The van der Waals surface area contributed by atoms with Crippen LogP contribution in [-0.4, -0.2) is 36.1 Å². The van der Waals surface area contributed by atoms with Crippen LogP contribution in [0.25, 0.3) is 0 Å². The van der Waals surface area contributed by atoms with Crippen LogP contribution in [-0.2, 0) is 19.1 Å². The normalized spacial score (nSPS) is 14.7. The number of dihydropyridines is 1. The molecule has 0 spiro atoms. The van der Waals surface area contributed by atoms with E-state index in [1.807, 2.05) is 30.3 Å². The second-order valence-electron chi connectivity index (χ2n) is 7.53. The third kappa shape index (κ3) is 5.31. The Kier molecular flexibility index (Phi) is 7.66. The van der Waals surface area contributed by atoms with Crippen molar-refractivity contribution in [3.63, 3.8) is 0 Å². The van der Waals surface area contributed by atoms with E-state index in [0.717, 1.165) is 10.3 Å². The molecule has 1 N–H and O–H groups in total. The van der Waals surface area contributed by atoms with Crippen molar-refractivity contribution in [1.29, 1.82) is 0 Å². The van der Waals surface area contributed by atoms with E-state index in [0.29, 0.717) is 33.8 Å². The average Bonchev–Trinajstić information content (AvgIpc) is 2.79. The molecule has 7 nitrogen and oxygen atoms in total. The zero-order chi connectivity index (χ0) is 24.0. The molecule has 0 bridgehead atoms. The molecule has 172 valence electrons. The van der Waals surface area contributed by atoms with E-state index < -0.39 is 17.9 Å². The van der Waals surface area contributed by atoms with Crippen LogP contribution < -0.4 is 5.32 Å². The molecule has 0 atom stereocenters. The van der Waals surface area contributed by atoms with Crippen molar-refractivity contribution in [3.05, 3.63) is 93.5 Å². The van der Waals surface area contributed by atoms with E-state index >= 15 is 0 Å². The molecular formula is C26H28N2O5. The summed E-state index contributed by atoms with van der Waals surface area (Å²) in [6.45, 7) is 7.42. The van der Waals surface area contributed by atoms with Gasteiger partial charge >= 0.3 is 11.9 Å². The maximum atomic E-state index is 12.8. The lowest BCUT2D eigenvalue weighted by Gasteiger charge is -2.30. The minimum atomic E-state index is -0.684. The summed E-state index contributed by atoms with van der Waals surface area (Å²) in [7, 11) is 0. The zero-order valence-corrected chi connectivity index (χ0v) is 19.3. The molecular weight excluding hydrogens is 420 g/mol.